The molecule has 2 aromatic carbocycles. The Morgan fingerprint density at radius 2 is 1.14 bits per heavy atom. The molecule has 0 heterocycles. The summed E-state index contributed by atoms with van der Waals surface area (Å²) in [5.74, 6) is 0. The standard InChI is InChI=1S/C20H24Si/c1-21(2,19-13-11-15-7-3-5-9-17(15)19)20-14-12-16-8-4-6-10-18(16)20/h3-10,19-20H,11-14H2,1-2H3/t19-,20-/m0/s1. The number of rotatable bonds is 2. The van der Waals surface area contributed by atoms with Gasteiger partial charge in [-0.25, -0.2) is 0 Å². The van der Waals surface area contributed by atoms with Gasteiger partial charge in [0.2, 0.25) is 0 Å². The largest absolute Gasteiger partial charge is 0.0684 e. The fraction of sp³-hybridized carbons (Fsp3) is 0.400. The first-order chi connectivity index (χ1) is 10.2. The zero-order valence-corrected chi connectivity index (χ0v) is 14.1. The van der Waals surface area contributed by atoms with E-state index in [0.717, 1.165) is 11.1 Å². The van der Waals surface area contributed by atoms with Gasteiger partial charge in [-0.05, 0) is 59.0 Å². The molecule has 0 fully saturated rings. The highest BCUT2D eigenvalue weighted by Crippen LogP contribution is 2.49. The maximum absolute atomic E-state index is 2.65. The highest BCUT2D eigenvalue weighted by molar-refractivity contribution is 6.80. The van der Waals surface area contributed by atoms with Crippen molar-refractivity contribution in [1.29, 1.82) is 0 Å². The van der Waals surface area contributed by atoms with E-state index in [-0.39, 0.29) is 0 Å². The molecule has 4 rings (SSSR count). The third-order valence-electron chi connectivity index (χ3n) is 6.06. The Labute approximate surface area is 129 Å². The summed E-state index contributed by atoms with van der Waals surface area (Å²) in [5, 5.41) is 0. The van der Waals surface area contributed by atoms with Crippen molar-refractivity contribution in [2.24, 2.45) is 0 Å². The van der Waals surface area contributed by atoms with Crippen LogP contribution in [0.4, 0.5) is 0 Å². The first kappa shape index (κ1) is 13.3. The molecule has 0 aliphatic heterocycles. The van der Waals surface area contributed by atoms with Gasteiger partial charge in [0.25, 0.3) is 0 Å². The Kier molecular flexibility index (Phi) is 3.07. The van der Waals surface area contributed by atoms with Gasteiger partial charge in [-0.3, -0.25) is 0 Å². The Balaban J connectivity index is 1.73. The minimum Gasteiger partial charge on any atom is -0.0684 e. The second kappa shape index (κ2) is 4.84. The molecule has 2 aromatic rings. The third kappa shape index (κ3) is 2.02. The van der Waals surface area contributed by atoms with Crippen LogP contribution in [0.3, 0.4) is 0 Å². The van der Waals surface area contributed by atoms with Gasteiger partial charge in [0.15, 0.2) is 0 Å². The van der Waals surface area contributed by atoms with E-state index in [1.54, 1.807) is 22.3 Å². The van der Waals surface area contributed by atoms with Gasteiger partial charge < -0.3 is 0 Å². The van der Waals surface area contributed by atoms with E-state index in [2.05, 4.69) is 61.6 Å². The molecule has 2 aliphatic carbocycles. The van der Waals surface area contributed by atoms with Crippen LogP contribution in [0.2, 0.25) is 13.1 Å². The fourth-order valence-corrected chi connectivity index (χ4v) is 9.33. The minimum atomic E-state index is -1.34. The molecule has 0 saturated carbocycles. The number of fused-ring (bicyclic) bond motifs is 2. The van der Waals surface area contributed by atoms with Gasteiger partial charge >= 0.3 is 0 Å². The first-order valence-electron chi connectivity index (χ1n) is 8.33. The van der Waals surface area contributed by atoms with Crippen LogP contribution >= 0.6 is 0 Å². The van der Waals surface area contributed by atoms with E-state index in [1.165, 1.54) is 25.7 Å². The lowest BCUT2D eigenvalue weighted by atomic mass is 10.1. The SMILES string of the molecule is C[Si](C)([C@H]1CCc2ccccc21)[C@H]1CCc2ccccc21. The van der Waals surface area contributed by atoms with Crippen LogP contribution in [0.25, 0.3) is 0 Å². The summed E-state index contributed by atoms with van der Waals surface area (Å²) >= 11 is 0. The van der Waals surface area contributed by atoms with Crippen molar-refractivity contribution in [2.45, 2.75) is 49.9 Å². The highest BCUT2D eigenvalue weighted by atomic mass is 28.3. The number of aryl methyl sites for hydroxylation is 2. The van der Waals surface area contributed by atoms with Crippen LogP contribution in [0.1, 0.15) is 46.2 Å². The molecule has 2 aliphatic rings. The lowest BCUT2D eigenvalue weighted by molar-refractivity contribution is 0.773. The Morgan fingerprint density at radius 1 is 0.714 bits per heavy atom. The quantitative estimate of drug-likeness (QED) is 0.665. The molecule has 21 heavy (non-hydrogen) atoms. The number of benzene rings is 2. The van der Waals surface area contributed by atoms with Gasteiger partial charge in [-0.15, -0.1) is 0 Å². The van der Waals surface area contributed by atoms with E-state index >= 15 is 0 Å². The predicted octanol–water partition coefficient (Wildman–Crippen LogP) is 5.23. The van der Waals surface area contributed by atoms with Crippen LogP contribution < -0.4 is 0 Å². The lowest BCUT2D eigenvalue weighted by Gasteiger charge is -2.37. The van der Waals surface area contributed by atoms with E-state index in [1.807, 2.05) is 0 Å². The van der Waals surface area contributed by atoms with E-state index in [0.29, 0.717) is 0 Å². The summed E-state index contributed by atoms with van der Waals surface area (Å²) in [6.45, 7) is 5.29. The molecule has 0 saturated heterocycles. The van der Waals surface area contributed by atoms with Crippen molar-refractivity contribution in [3.8, 4) is 0 Å². The average molecular weight is 292 g/mol. The number of hydrogen-bond acceptors (Lipinski definition) is 0. The van der Waals surface area contributed by atoms with Gasteiger partial charge in [-0.2, -0.15) is 0 Å². The maximum Gasteiger partial charge on any atom is 0.0628 e. The van der Waals surface area contributed by atoms with Crippen molar-refractivity contribution >= 4 is 8.07 Å². The molecule has 0 unspecified atom stereocenters. The summed E-state index contributed by atoms with van der Waals surface area (Å²) in [7, 11) is -1.34. The second-order valence-corrected chi connectivity index (χ2v) is 12.4. The Bertz CT molecular complexity index is 614. The monoisotopic (exact) mass is 292 g/mol. The first-order valence-corrected chi connectivity index (χ1v) is 11.5. The molecule has 0 aromatic heterocycles. The maximum atomic E-state index is 2.65. The van der Waals surface area contributed by atoms with Crippen molar-refractivity contribution in [3.05, 3.63) is 70.8 Å². The van der Waals surface area contributed by atoms with Crippen molar-refractivity contribution in [1.82, 2.24) is 0 Å². The van der Waals surface area contributed by atoms with Gasteiger partial charge in [-0.1, -0.05) is 61.6 Å². The summed E-state index contributed by atoms with van der Waals surface area (Å²) in [4.78, 5) is 0. The lowest BCUT2D eigenvalue weighted by Crippen LogP contribution is -2.40. The molecule has 2 atom stereocenters. The summed E-state index contributed by atoms with van der Waals surface area (Å²) < 4.78 is 0. The summed E-state index contributed by atoms with van der Waals surface area (Å²) in [6, 6.07) is 18.4. The van der Waals surface area contributed by atoms with Crippen molar-refractivity contribution in [3.63, 3.8) is 0 Å². The van der Waals surface area contributed by atoms with Gasteiger partial charge in [0.05, 0.1) is 8.07 Å². The molecule has 0 amide bonds. The van der Waals surface area contributed by atoms with Crippen LogP contribution in [0.5, 0.6) is 0 Å². The Hall–Kier alpha value is -1.34. The zero-order valence-electron chi connectivity index (χ0n) is 13.1. The molecule has 0 N–H and O–H groups in total. The summed E-state index contributed by atoms with van der Waals surface area (Å²) in [6.07, 6.45) is 5.37. The molecular weight excluding hydrogens is 268 g/mol. The van der Waals surface area contributed by atoms with Crippen LogP contribution in [-0.2, 0) is 12.8 Å². The zero-order chi connectivity index (χ0) is 14.4. The van der Waals surface area contributed by atoms with E-state index in [4.69, 9.17) is 0 Å². The van der Waals surface area contributed by atoms with Crippen LogP contribution in [0.15, 0.2) is 48.5 Å². The minimum absolute atomic E-state index is 0.852. The van der Waals surface area contributed by atoms with E-state index < -0.39 is 8.07 Å². The smallest absolute Gasteiger partial charge is 0.0628 e. The normalized spacial score (nSPS) is 23.9. The average Bonchev–Trinajstić information content (AvgIpc) is 3.12. The molecule has 0 bridgehead atoms. The molecule has 108 valence electrons. The van der Waals surface area contributed by atoms with Gasteiger partial charge in [0.1, 0.15) is 0 Å². The van der Waals surface area contributed by atoms with Gasteiger partial charge in [0, 0.05) is 0 Å². The predicted molar refractivity (Wildman–Crippen MR) is 92.5 cm³/mol. The van der Waals surface area contributed by atoms with Crippen molar-refractivity contribution in [2.75, 3.05) is 0 Å². The number of hydrogen-bond donors (Lipinski definition) is 0. The molecule has 0 spiro atoms. The molecule has 1 heteroatoms. The molecular formula is C20H24Si. The van der Waals surface area contributed by atoms with Crippen LogP contribution in [-0.4, -0.2) is 8.07 Å². The molecule has 0 nitrogen and oxygen atoms in total. The highest BCUT2D eigenvalue weighted by Gasteiger charge is 2.45. The topological polar surface area (TPSA) is 0 Å². The van der Waals surface area contributed by atoms with Crippen molar-refractivity contribution < 1.29 is 0 Å². The third-order valence-corrected chi connectivity index (χ3v) is 10.9. The summed E-state index contributed by atoms with van der Waals surface area (Å²) in [5.41, 5.74) is 8.30. The second-order valence-electron chi connectivity index (χ2n) is 7.40. The van der Waals surface area contributed by atoms with E-state index in [9.17, 15) is 0 Å². The fourth-order valence-electron chi connectivity index (χ4n) is 4.90. The Morgan fingerprint density at radius 3 is 1.62 bits per heavy atom. The van der Waals surface area contributed by atoms with Crippen LogP contribution in [0, 0.1) is 0 Å². The molecule has 0 radical (unpaired) electrons.